The van der Waals surface area contributed by atoms with Crippen LogP contribution in [0.5, 0.6) is 0 Å². The first kappa shape index (κ1) is 11.5. The molecule has 1 aromatic rings. The van der Waals surface area contributed by atoms with Gasteiger partial charge in [-0.1, -0.05) is 12.1 Å². The average Bonchev–Trinajstić information content (AvgIpc) is 2.27. The Balaban J connectivity index is 2.75. The van der Waals surface area contributed by atoms with Gasteiger partial charge in [-0.05, 0) is 24.0 Å². The topological polar surface area (TPSA) is 72.3 Å². The molecule has 0 amide bonds. The summed E-state index contributed by atoms with van der Waals surface area (Å²) in [5.41, 5.74) is 12.4. The number of nitrogens with two attached hydrogens (primary N) is 2. The van der Waals surface area contributed by atoms with Crippen molar-refractivity contribution in [2.45, 2.75) is 17.0 Å². The zero-order valence-corrected chi connectivity index (χ0v) is 9.00. The molecule has 78 valence electrons. The van der Waals surface area contributed by atoms with Crippen LogP contribution in [0.4, 0.5) is 0 Å². The van der Waals surface area contributed by atoms with Gasteiger partial charge in [-0.15, -0.1) is 11.8 Å². The predicted molar refractivity (Wildman–Crippen MR) is 60.2 cm³/mol. The molecule has 0 aliphatic carbocycles. The second kappa shape index (κ2) is 5.36. The van der Waals surface area contributed by atoms with E-state index in [9.17, 15) is 0 Å². The maximum atomic E-state index is 8.86. The lowest BCUT2D eigenvalue weighted by molar-refractivity contribution is 0.250. The van der Waals surface area contributed by atoms with E-state index < -0.39 is 6.04 Å². The Morgan fingerprint density at radius 3 is 2.29 bits per heavy atom. The molecule has 0 saturated heterocycles. The first-order chi connectivity index (χ1) is 6.69. The molecule has 0 bridgehead atoms. The van der Waals surface area contributed by atoms with Crippen LogP contribution in [0.15, 0.2) is 29.2 Å². The highest BCUT2D eigenvalue weighted by atomic mass is 32.2. The molecule has 3 nitrogen and oxygen atoms in total. The Morgan fingerprint density at radius 2 is 1.86 bits per heavy atom. The summed E-state index contributed by atoms with van der Waals surface area (Å²) in [6.45, 7) is -0.0918. The fourth-order valence-electron chi connectivity index (χ4n) is 1.19. The number of benzene rings is 1. The lowest BCUT2D eigenvalue weighted by atomic mass is 10.0. The lowest BCUT2D eigenvalue weighted by Crippen LogP contribution is -2.37. The van der Waals surface area contributed by atoms with Gasteiger partial charge in [0.2, 0.25) is 0 Å². The molecular weight excluding hydrogens is 196 g/mol. The number of thioether (sulfide) groups is 1. The Kier molecular flexibility index (Phi) is 4.41. The van der Waals surface area contributed by atoms with E-state index in [1.165, 1.54) is 4.90 Å². The highest BCUT2D eigenvalue weighted by Gasteiger charge is 2.13. The molecule has 0 aliphatic heterocycles. The Bertz CT molecular complexity index is 276. The third-order valence-corrected chi connectivity index (χ3v) is 2.92. The number of aliphatic hydroxyl groups excluding tert-OH is 1. The molecule has 14 heavy (non-hydrogen) atoms. The normalized spacial score (nSPS) is 15.1. The van der Waals surface area contributed by atoms with Crippen LogP contribution in [-0.4, -0.2) is 24.0 Å². The smallest absolute Gasteiger partial charge is 0.0601 e. The molecule has 0 aromatic heterocycles. The molecule has 4 heteroatoms. The lowest BCUT2D eigenvalue weighted by Gasteiger charge is -2.17. The van der Waals surface area contributed by atoms with Crippen molar-refractivity contribution in [2.24, 2.45) is 11.5 Å². The maximum Gasteiger partial charge on any atom is 0.0601 e. The van der Waals surface area contributed by atoms with Crippen LogP contribution in [0.3, 0.4) is 0 Å². The van der Waals surface area contributed by atoms with Crippen molar-refractivity contribution in [3.8, 4) is 0 Å². The molecule has 1 aromatic carbocycles. The summed E-state index contributed by atoms with van der Waals surface area (Å²) in [6.07, 6.45) is 2.02. The van der Waals surface area contributed by atoms with E-state index in [0.29, 0.717) is 0 Å². The summed E-state index contributed by atoms with van der Waals surface area (Å²) < 4.78 is 0. The van der Waals surface area contributed by atoms with Crippen molar-refractivity contribution in [1.82, 2.24) is 0 Å². The van der Waals surface area contributed by atoms with E-state index in [1.54, 1.807) is 11.8 Å². The maximum absolute atomic E-state index is 8.86. The second-order valence-electron chi connectivity index (χ2n) is 3.15. The number of rotatable bonds is 4. The third kappa shape index (κ3) is 2.72. The van der Waals surface area contributed by atoms with E-state index >= 15 is 0 Å². The molecule has 5 N–H and O–H groups in total. The van der Waals surface area contributed by atoms with Crippen molar-refractivity contribution < 1.29 is 5.11 Å². The van der Waals surface area contributed by atoms with Crippen LogP contribution in [0, 0.1) is 0 Å². The SMILES string of the molecule is CSc1ccc(C(N)C(N)CO)cc1. The van der Waals surface area contributed by atoms with E-state index in [0.717, 1.165) is 5.56 Å². The zero-order valence-electron chi connectivity index (χ0n) is 8.18. The molecule has 2 unspecified atom stereocenters. The molecule has 0 saturated carbocycles. The van der Waals surface area contributed by atoms with Gasteiger partial charge in [0.15, 0.2) is 0 Å². The van der Waals surface area contributed by atoms with Crippen molar-refractivity contribution in [3.63, 3.8) is 0 Å². The van der Waals surface area contributed by atoms with Crippen molar-refractivity contribution in [1.29, 1.82) is 0 Å². The van der Waals surface area contributed by atoms with Crippen LogP contribution >= 0.6 is 11.8 Å². The van der Waals surface area contributed by atoms with Gasteiger partial charge in [-0.25, -0.2) is 0 Å². The van der Waals surface area contributed by atoms with E-state index in [-0.39, 0.29) is 12.6 Å². The highest BCUT2D eigenvalue weighted by molar-refractivity contribution is 7.98. The third-order valence-electron chi connectivity index (χ3n) is 2.17. The van der Waals surface area contributed by atoms with Crippen LogP contribution in [-0.2, 0) is 0 Å². The average molecular weight is 212 g/mol. The van der Waals surface area contributed by atoms with Crippen molar-refractivity contribution in [3.05, 3.63) is 29.8 Å². The minimum absolute atomic E-state index is 0.0918. The largest absolute Gasteiger partial charge is 0.395 e. The van der Waals surface area contributed by atoms with E-state index in [4.69, 9.17) is 16.6 Å². The predicted octanol–water partition coefficient (Wildman–Crippen LogP) is 0.728. The van der Waals surface area contributed by atoms with Gasteiger partial charge >= 0.3 is 0 Å². The monoisotopic (exact) mass is 212 g/mol. The Labute approximate surface area is 88.5 Å². The van der Waals surface area contributed by atoms with E-state index in [1.807, 2.05) is 30.5 Å². The number of aliphatic hydroxyl groups is 1. The van der Waals surface area contributed by atoms with E-state index in [2.05, 4.69) is 0 Å². The Morgan fingerprint density at radius 1 is 1.29 bits per heavy atom. The van der Waals surface area contributed by atoms with Gasteiger partial charge in [0.1, 0.15) is 0 Å². The molecule has 0 spiro atoms. The zero-order chi connectivity index (χ0) is 10.6. The summed E-state index contributed by atoms with van der Waals surface area (Å²) in [6, 6.07) is 7.22. The fraction of sp³-hybridized carbons (Fsp3) is 0.400. The summed E-state index contributed by atoms with van der Waals surface area (Å²) in [5, 5.41) is 8.86. The number of hydrogen-bond donors (Lipinski definition) is 3. The van der Waals surface area contributed by atoms with Gasteiger partial charge < -0.3 is 16.6 Å². The molecule has 0 aliphatic rings. The molecule has 0 fully saturated rings. The molecule has 1 rings (SSSR count). The van der Waals surface area contributed by atoms with Gasteiger partial charge in [-0.3, -0.25) is 0 Å². The summed E-state index contributed by atoms with van der Waals surface area (Å²) >= 11 is 1.68. The molecule has 2 atom stereocenters. The first-order valence-corrected chi connectivity index (χ1v) is 5.67. The van der Waals surface area contributed by atoms with Gasteiger partial charge in [0.05, 0.1) is 6.61 Å². The molecular formula is C10H16N2OS. The van der Waals surface area contributed by atoms with Crippen LogP contribution in [0.25, 0.3) is 0 Å². The van der Waals surface area contributed by atoms with Gasteiger partial charge in [-0.2, -0.15) is 0 Å². The highest BCUT2D eigenvalue weighted by Crippen LogP contribution is 2.18. The van der Waals surface area contributed by atoms with Crippen LogP contribution < -0.4 is 11.5 Å². The van der Waals surface area contributed by atoms with Gasteiger partial charge in [0.25, 0.3) is 0 Å². The summed E-state index contributed by atoms with van der Waals surface area (Å²) in [4.78, 5) is 1.19. The van der Waals surface area contributed by atoms with Crippen molar-refractivity contribution in [2.75, 3.05) is 12.9 Å². The molecule has 0 radical (unpaired) electrons. The standard InChI is InChI=1S/C10H16N2OS/c1-14-8-4-2-7(3-5-8)10(12)9(11)6-13/h2-5,9-10,13H,6,11-12H2,1H3. The minimum atomic E-state index is -0.393. The second-order valence-corrected chi connectivity index (χ2v) is 4.03. The summed E-state index contributed by atoms with van der Waals surface area (Å²) in [7, 11) is 0. The molecule has 0 heterocycles. The first-order valence-electron chi connectivity index (χ1n) is 4.45. The minimum Gasteiger partial charge on any atom is -0.395 e. The van der Waals surface area contributed by atoms with Crippen LogP contribution in [0.1, 0.15) is 11.6 Å². The van der Waals surface area contributed by atoms with Gasteiger partial charge in [0, 0.05) is 17.0 Å². The Hall–Kier alpha value is -0.550. The summed E-state index contributed by atoms with van der Waals surface area (Å²) in [5.74, 6) is 0. The van der Waals surface area contributed by atoms with Crippen LogP contribution in [0.2, 0.25) is 0 Å². The quantitative estimate of drug-likeness (QED) is 0.643. The fourth-order valence-corrected chi connectivity index (χ4v) is 1.60. The van der Waals surface area contributed by atoms with Crippen molar-refractivity contribution >= 4 is 11.8 Å². The number of hydrogen-bond acceptors (Lipinski definition) is 4.